The first-order valence-electron chi connectivity index (χ1n) is 9.78. The normalized spacial score (nSPS) is 12.1. The van der Waals surface area contributed by atoms with Gasteiger partial charge >= 0.3 is 0 Å². The number of fused-ring (bicyclic) bond motifs is 3. The molecule has 0 saturated heterocycles. The summed E-state index contributed by atoms with van der Waals surface area (Å²) in [7, 11) is 0. The molecule has 0 spiro atoms. The van der Waals surface area contributed by atoms with Crippen LogP contribution in [0.25, 0.3) is 11.3 Å². The van der Waals surface area contributed by atoms with E-state index in [0.29, 0.717) is 13.2 Å². The molecule has 28 heavy (non-hydrogen) atoms. The Bertz CT molecular complexity index is 1020. The van der Waals surface area contributed by atoms with E-state index in [2.05, 4.69) is 37.1 Å². The molecule has 1 amide bonds. The van der Waals surface area contributed by atoms with Gasteiger partial charge in [0, 0.05) is 23.4 Å². The number of aromatic nitrogens is 2. The van der Waals surface area contributed by atoms with Crippen LogP contribution in [0.5, 0.6) is 5.75 Å². The average molecular weight is 375 g/mol. The van der Waals surface area contributed by atoms with E-state index in [9.17, 15) is 4.79 Å². The molecule has 5 heteroatoms. The summed E-state index contributed by atoms with van der Waals surface area (Å²) in [5.41, 5.74) is 6.32. The van der Waals surface area contributed by atoms with Crippen molar-refractivity contribution in [2.75, 3.05) is 11.4 Å². The van der Waals surface area contributed by atoms with Crippen molar-refractivity contribution in [1.29, 1.82) is 0 Å². The highest BCUT2D eigenvalue weighted by atomic mass is 16.5. The number of hydrogen-bond donors (Lipinski definition) is 0. The number of likely N-dealkylation sites (N-methyl/N-ethyl adjacent to an activating group) is 1. The largest absolute Gasteiger partial charge is 0.488 e. The number of amides is 1. The lowest BCUT2D eigenvalue weighted by Gasteiger charge is -2.23. The van der Waals surface area contributed by atoms with Gasteiger partial charge in [0.05, 0.1) is 11.9 Å². The Morgan fingerprint density at radius 3 is 2.86 bits per heavy atom. The lowest BCUT2D eigenvalue weighted by Crippen LogP contribution is -2.34. The van der Waals surface area contributed by atoms with E-state index in [-0.39, 0.29) is 12.5 Å². The fourth-order valence-electron chi connectivity index (χ4n) is 3.73. The molecule has 2 heterocycles. The Morgan fingerprint density at radius 2 is 2.07 bits per heavy atom. The summed E-state index contributed by atoms with van der Waals surface area (Å²) in [6.45, 7) is 7.48. The van der Waals surface area contributed by atoms with Gasteiger partial charge in [-0.3, -0.25) is 9.48 Å². The first-order valence-corrected chi connectivity index (χ1v) is 9.78. The van der Waals surface area contributed by atoms with Crippen LogP contribution >= 0.6 is 0 Å². The van der Waals surface area contributed by atoms with Crippen molar-refractivity contribution in [3.05, 3.63) is 65.4 Å². The highest BCUT2D eigenvalue weighted by Crippen LogP contribution is 2.38. The van der Waals surface area contributed by atoms with Crippen LogP contribution in [-0.4, -0.2) is 22.2 Å². The summed E-state index contributed by atoms with van der Waals surface area (Å²) >= 11 is 0. The van der Waals surface area contributed by atoms with E-state index in [1.807, 2.05) is 47.0 Å². The molecule has 1 aliphatic rings. The van der Waals surface area contributed by atoms with Gasteiger partial charge in [0.2, 0.25) is 5.91 Å². The molecular weight excluding hydrogens is 350 g/mol. The molecule has 4 rings (SSSR count). The number of aryl methyl sites for hydroxylation is 2. The average Bonchev–Trinajstić information content (AvgIpc) is 3.12. The highest BCUT2D eigenvalue weighted by molar-refractivity contribution is 5.93. The lowest BCUT2D eigenvalue weighted by atomic mass is 10.0. The predicted molar refractivity (Wildman–Crippen MR) is 111 cm³/mol. The fraction of sp³-hybridized carbons (Fsp3) is 0.304. The van der Waals surface area contributed by atoms with Gasteiger partial charge in [-0.15, -0.1) is 0 Å². The van der Waals surface area contributed by atoms with E-state index in [4.69, 9.17) is 4.74 Å². The standard InChI is InChI=1S/C23H25N3O2/c1-4-17-7-6-8-19(12-17)25(5-2)22(27)14-26-23-18(13-24-26)15-28-21-10-9-16(3)11-20(21)23/h6-13H,4-5,14-15H2,1-3H3. The van der Waals surface area contributed by atoms with E-state index in [1.54, 1.807) is 0 Å². The summed E-state index contributed by atoms with van der Waals surface area (Å²) < 4.78 is 7.65. The van der Waals surface area contributed by atoms with Gasteiger partial charge in [-0.05, 0) is 50.1 Å². The number of carbonyl (C=O) groups is 1. The Balaban J connectivity index is 1.65. The minimum absolute atomic E-state index is 0.0300. The number of hydrogen-bond acceptors (Lipinski definition) is 3. The van der Waals surface area contributed by atoms with Crippen molar-refractivity contribution in [3.63, 3.8) is 0 Å². The van der Waals surface area contributed by atoms with Crippen LogP contribution in [0.2, 0.25) is 0 Å². The van der Waals surface area contributed by atoms with Crippen molar-refractivity contribution in [3.8, 4) is 17.0 Å². The van der Waals surface area contributed by atoms with Crippen LogP contribution < -0.4 is 9.64 Å². The first kappa shape index (κ1) is 18.3. The molecule has 0 fully saturated rings. The Hall–Kier alpha value is -3.08. The second-order valence-corrected chi connectivity index (χ2v) is 7.13. The molecule has 0 N–H and O–H groups in total. The SMILES string of the molecule is CCc1cccc(N(CC)C(=O)Cn2ncc3c2-c2cc(C)ccc2OC3)c1. The molecule has 144 valence electrons. The van der Waals surface area contributed by atoms with Crippen molar-refractivity contribution in [2.24, 2.45) is 0 Å². The van der Waals surface area contributed by atoms with Crippen molar-refractivity contribution in [1.82, 2.24) is 9.78 Å². The number of nitrogens with zero attached hydrogens (tertiary/aromatic N) is 3. The molecule has 0 aliphatic carbocycles. The smallest absolute Gasteiger partial charge is 0.248 e. The van der Waals surface area contributed by atoms with Crippen LogP contribution in [0.1, 0.15) is 30.5 Å². The van der Waals surface area contributed by atoms with E-state index in [0.717, 1.165) is 40.2 Å². The summed E-state index contributed by atoms with van der Waals surface area (Å²) in [5.74, 6) is 0.873. The van der Waals surface area contributed by atoms with Gasteiger partial charge in [-0.25, -0.2) is 0 Å². The number of anilines is 1. The van der Waals surface area contributed by atoms with Crippen molar-refractivity contribution in [2.45, 2.75) is 40.3 Å². The fourth-order valence-corrected chi connectivity index (χ4v) is 3.73. The van der Waals surface area contributed by atoms with Gasteiger partial charge < -0.3 is 9.64 Å². The number of carbonyl (C=O) groups excluding carboxylic acids is 1. The quantitative estimate of drug-likeness (QED) is 0.665. The molecule has 0 unspecified atom stereocenters. The van der Waals surface area contributed by atoms with Crippen LogP contribution in [0, 0.1) is 6.92 Å². The third-order valence-corrected chi connectivity index (χ3v) is 5.22. The maximum absolute atomic E-state index is 13.1. The van der Waals surface area contributed by atoms with Gasteiger partial charge in [-0.2, -0.15) is 5.10 Å². The van der Waals surface area contributed by atoms with Gasteiger partial charge in [0.25, 0.3) is 0 Å². The topological polar surface area (TPSA) is 47.4 Å². The summed E-state index contributed by atoms with van der Waals surface area (Å²) in [6.07, 6.45) is 2.75. The Labute approximate surface area is 165 Å². The van der Waals surface area contributed by atoms with E-state index in [1.165, 1.54) is 5.56 Å². The highest BCUT2D eigenvalue weighted by Gasteiger charge is 2.24. The summed E-state index contributed by atoms with van der Waals surface area (Å²) in [5, 5.41) is 4.50. The molecule has 0 atom stereocenters. The van der Waals surface area contributed by atoms with Gasteiger partial charge in [0.15, 0.2) is 0 Å². The van der Waals surface area contributed by atoms with Gasteiger partial charge in [0.1, 0.15) is 18.9 Å². The summed E-state index contributed by atoms with van der Waals surface area (Å²) in [6, 6.07) is 14.3. The second kappa shape index (κ2) is 7.50. The minimum Gasteiger partial charge on any atom is -0.488 e. The second-order valence-electron chi connectivity index (χ2n) is 7.13. The monoisotopic (exact) mass is 375 g/mol. The number of ether oxygens (including phenoxy) is 1. The van der Waals surface area contributed by atoms with Crippen LogP contribution in [0.3, 0.4) is 0 Å². The summed E-state index contributed by atoms with van der Waals surface area (Å²) in [4.78, 5) is 15.0. The number of rotatable bonds is 5. The van der Waals surface area contributed by atoms with Crippen molar-refractivity contribution < 1.29 is 9.53 Å². The molecule has 5 nitrogen and oxygen atoms in total. The first-order chi connectivity index (χ1) is 13.6. The molecule has 0 saturated carbocycles. The molecule has 3 aromatic rings. The zero-order valence-corrected chi connectivity index (χ0v) is 16.6. The van der Waals surface area contributed by atoms with E-state index >= 15 is 0 Å². The third kappa shape index (κ3) is 3.28. The Kier molecular flexibility index (Phi) is 4.90. The molecular formula is C23H25N3O2. The predicted octanol–water partition coefficient (Wildman–Crippen LogP) is 4.37. The zero-order chi connectivity index (χ0) is 19.7. The minimum atomic E-state index is 0.0300. The Morgan fingerprint density at radius 1 is 1.21 bits per heavy atom. The van der Waals surface area contributed by atoms with Crippen LogP contribution in [0.4, 0.5) is 5.69 Å². The molecule has 1 aromatic heterocycles. The van der Waals surface area contributed by atoms with Gasteiger partial charge in [-0.1, -0.05) is 30.7 Å². The number of benzene rings is 2. The molecule has 0 radical (unpaired) electrons. The van der Waals surface area contributed by atoms with E-state index < -0.39 is 0 Å². The maximum atomic E-state index is 13.1. The molecule has 1 aliphatic heterocycles. The van der Waals surface area contributed by atoms with Crippen molar-refractivity contribution >= 4 is 11.6 Å². The molecule has 0 bridgehead atoms. The third-order valence-electron chi connectivity index (χ3n) is 5.22. The van der Waals surface area contributed by atoms with Crippen LogP contribution in [0.15, 0.2) is 48.7 Å². The molecule has 2 aromatic carbocycles. The lowest BCUT2D eigenvalue weighted by molar-refractivity contribution is -0.119. The zero-order valence-electron chi connectivity index (χ0n) is 16.6. The maximum Gasteiger partial charge on any atom is 0.248 e. The van der Waals surface area contributed by atoms with Crippen LogP contribution in [-0.2, 0) is 24.4 Å².